The van der Waals surface area contributed by atoms with E-state index < -0.39 is 18.0 Å². The van der Waals surface area contributed by atoms with Gasteiger partial charge in [0, 0.05) is 13.1 Å². The van der Waals surface area contributed by atoms with Gasteiger partial charge in [0.25, 0.3) is 11.8 Å². The van der Waals surface area contributed by atoms with E-state index in [2.05, 4.69) is 5.32 Å². The molecule has 1 N–H and O–H groups in total. The van der Waals surface area contributed by atoms with Gasteiger partial charge in [-0.25, -0.2) is 4.79 Å². The van der Waals surface area contributed by atoms with E-state index in [0.29, 0.717) is 29.5 Å². The molecule has 194 valence electrons. The molecule has 0 spiro atoms. The Labute approximate surface area is 211 Å². The lowest BCUT2D eigenvalue weighted by molar-refractivity contribution is -0.134. The quantitative estimate of drug-likeness (QED) is 0.494. The van der Waals surface area contributed by atoms with E-state index in [-0.39, 0.29) is 18.1 Å². The molecule has 0 radical (unpaired) electrons. The minimum Gasteiger partial charge on any atom is -0.495 e. The number of carbonyl (C=O) groups excluding carboxylic acids is 3. The number of nitrogens with one attached hydrogen (secondary N) is 1. The van der Waals surface area contributed by atoms with Gasteiger partial charge in [-0.05, 0) is 75.9 Å². The SMILES string of the molecule is CCOc1cc(C(=O)OC(C)C(=O)Nc2cc(C)ccc2OC)ccc1OCC(=O)N1CCCCC1. The van der Waals surface area contributed by atoms with Crippen molar-refractivity contribution >= 4 is 23.5 Å². The Morgan fingerprint density at radius 3 is 2.39 bits per heavy atom. The maximum absolute atomic E-state index is 12.7. The normalized spacial score (nSPS) is 13.9. The summed E-state index contributed by atoms with van der Waals surface area (Å²) in [6.07, 6.45) is 2.08. The standard InChI is InChI=1S/C27H34N2O7/c1-5-34-24-16-20(10-12-23(24)35-17-25(30)29-13-7-6-8-14-29)27(32)36-19(3)26(31)28-21-15-18(2)9-11-22(21)33-4/h9-12,15-16,19H,5-8,13-14,17H2,1-4H3,(H,28,31). The van der Waals surface area contributed by atoms with Crippen LogP contribution in [0.15, 0.2) is 36.4 Å². The number of amides is 2. The highest BCUT2D eigenvalue weighted by Gasteiger charge is 2.22. The molecule has 1 aliphatic heterocycles. The van der Waals surface area contributed by atoms with Gasteiger partial charge in [-0.15, -0.1) is 0 Å². The van der Waals surface area contributed by atoms with E-state index in [0.717, 1.165) is 37.9 Å². The van der Waals surface area contributed by atoms with Crippen molar-refractivity contribution in [2.24, 2.45) is 0 Å². The number of aryl methyl sites for hydroxylation is 1. The first-order valence-corrected chi connectivity index (χ1v) is 12.2. The Hall–Kier alpha value is -3.75. The molecule has 2 aromatic rings. The topological polar surface area (TPSA) is 103 Å². The summed E-state index contributed by atoms with van der Waals surface area (Å²) >= 11 is 0. The maximum atomic E-state index is 12.7. The van der Waals surface area contributed by atoms with Crippen LogP contribution in [-0.4, -0.2) is 62.2 Å². The lowest BCUT2D eigenvalue weighted by Crippen LogP contribution is -2.38. The van der Waals surface area contributed by atoms with Crippen LogP contribution < -0.4 is 19.5 Å². The van der Waals surface area contributed by atoms with Gasteiger partial charge >= 0.3 is 5.97 Å². The zero-order valence-electron chi connectivity index (χ0n) is 21.3. The van der Waals surface area contributed by atoms with Crippen LogP contribution in [0.25, 0.3) is 0 Å². The van der Waals surface area contributed by atoms with Crippen LogP contribution in [0.4, 0.5) is 5.69 Å². The van der Waals surface area contributed by atoms with Crippen molar-refractivity contribution in [2.75, 3.05) is 38.7 Å². The predicted molar refractivity (Wildman–Crippen MR) is 135 cm³/mol. The number of methoxy groups -OCH3 is 1. The smallest absolute Gasteiger partial charge is 0.339 e. The summed E-state index contributed by atoms with van der Waals surface area (Å²) in [5.41, 5.74) is 1.63. The molecule has 2 aromatic carbocycles. The summed E-state index contributed by atoms with van der Waals surface area (Å²) in [6.45, 7) is 6.91. The summed E-state index contributed by atoms with van der Waals surface area (Å²) in [5, 5.41) is 2.73. The monoisotopic (exact) mass is 498 g/mol. The number of ether oxygens (including phenoxy) is 4. The average molecular weight is 499 g/mol. The van der Waals surface area contributed by atoms with E-state index in [4.69, 9.17) is 18.9 Å². The number of hydrogen-bond donors (Lipinski definition) is 1. The number of benzene rings is 2. The fourth-order valence-electron chi connectivity index (χ4n) is 3.83. The molecule has 0 bridgehead atoms. The second-order valence-corrected chi connectivity index (χ2v) is 8.57. The number of carbonyl (C=O) groups is 3. The number of esters is 1. The van der Waals surface area contributed by atoms with Crippen LogP contribution in [0.5, 0.6) is 17.2 Å². The van der Waals surface area contributed by atoms with Crippen molar-refractivity contribution in [3.05, 3.63) is 47.5 Å². The van der Waals surface area contributed by atoms with Gasteiger partial charge in [0.05, 0.1) is 25.0 Å². The Kier molecular flexibility index (Phi) is 9.55. The molecule has 0 aliphatic carbocycles. The van der Waals surface area contributed by atoms with Gasteiger partial charge in [-0.3, -0.25) is 9.59 Å². The minimum atomic E-state index is -1.06. The molecule has 0 saturated carbocycles. The average Bonchev–Trinajstić information content (AvgIpc) is 2.88. The fraction of sp³-hybridized carbons (Fsp3) is 0.444. The molecular weight excluding hydrogens is 464 g/mol. The van der Waals surface area contributed by atoms with Gasteiger partial charge in [0.1, 0.15) is 5.75 Å². The number of anilines is 1. The third kappa shape index (κ3) is 7.13. The summed E-state index contributed by atoms with van der Waals surface area (Å²) in [6, 6.07) is 9.95. The Morgan fingerprint density at radius 1 is 0.972 bits per heavy atom. The van der Waals surface area contributed by atoms with E-state index in [1.165, 1.54) is 26.2 Å². The van der Waals surface area contributed by atoms with E-state index >= 15 is 0 Å². The molecule has 1 heterocycles. The third-order valence-electron chi connectivity index (χ3n) is 5.81. The predicted octanol–water partition coefficient (Wildman–Crippen LogP) is 3.98. The number of nitrogens with zero attached hydrogens (tertiary/aromatic N) is 1. The number of rotatable bonds is 10. The summed E-state index contributed by atoms with van der Waals surface area (Å²) in [5.74, 6) is -0.0794. The van der Waals surface area contributed by atoms with Gasteiger partial charge in [0.2, 0.25) is 0 Å². The fourth-order valence-corrected chi connectivity index (χ4v) is 3.83. The molecule has 2 amide bonds. The first-order chi connectivity index (χ1) is 17.3. The zero-order valence-corrected chi connectivity index (χ0v) is 21.3. The molecule has 9 heteroatoms. The van der Waals surface area contributed by atoms with Crippen molar-refractivity contribution in [3.63, 3.8) is 0 Å². The molecule has 0 aromatic heterocycles. The number of likely N-dealkylation sites (tertiary alicyclic amines) is 1. The van der Waals surface area contributed by atoms with Crippen LogP contribution >= 0.6 is 0 Å². The van der Waals surface area contributed by atoms with Crippen LogP contribution in [0, 0.1) is 6.92 Å². The summed E-state index contributed by atoms with van der Waals surface area (Å²) in [7, 11) is 1.51. The molecule has 3 rings (SSSR count). The van der Waals surface area contributed by atoms with Crippen molar-refractivity contribution in [3.8, 4) is 17.2 Å². The lowest BCUT2D eigenvalue weighted by Gasteiger charge is -2.26. The Balaban J connectivity index is 1.62. The highest BCUT2D eigenvalue weighted by molar-refractivity contribution is 5.98. The molecule has 36 heavy (non-hydrogen) atoms. The number of piperidine rings is 1. The largest absolute Gasteiger partial charge is 0.495 e. The van der Waals surface area contributed by atoms with Gasteiger partial charge < -0.3 is 29.2 Å². The second-order valence-electron chi connectivity index (χ2n) is 8.57. The van der Waals surface area contributed by atoms with Crippen molar-refractivity contribution < 1.29 is 33.3 Å². The highest BCUT2D eigenvalue weighted by Crippen LogP contribution is 2.29. The molecule has 1 unspecified atom stereocenters. The second kappa shape index (κ2) is 12.8. The summed E-state index contributed by atoms with van der Waals surface area (Å²) in [4.78, 5) is 39.6. The van der Waals surface area contributed by atoms with E-state index in [1.807, 2.05) is 13.0 Å². The minimum absolute atomic E-state index is 0.0780. The molecule has 1 fully saturated rings. The third-order valence-corrected chi connectivity index (χ3v) is 5.81. The van der Waals surface area contributed by atoms with Crippen molar-refractivity contribution in [1.82, 2.24) is 4.90 Å². The number of hydrogen-bond acceptors (Lipinski definition) is 7. The maximum Gasteiger partial charge on any atom is 0.339 e. The molecular formula is C27H34N2O7. The molecule has 9 nitrogen and oxygen atoms in total. The van der Waals surface area contributed by atoms with Crippen molar-refractivity contribution in [1.29, 1.82) is 0 Å². The van der Waals surface area contributed by atoms with Gasteiger partial charge in [0.15, 0.2) is 24.2 Å². The van der Waals surface area contributed by atoms with Crippen LogP contribution in [0.3, 0.4) is 0 Å². The first kappa shape index (κ1) is 26.8. The highest BCUT2D eigenvalue weighted by atomic mass is 16.5. The van der Waals surface area contributed by atoms with Gasteiger partial charge in [-0.2, -0.15) is 0 Å². The van der Waals surface area contributed by atoms with Crippen LogP contribution in [0.2, 0.25) is 0 Å². The van der Waals surface area contributed by atoms with Crippen LogP contribution in [0.1, 0.15) is 49.0 Å². The molecule has 1 atom stereocenters. The van der Waals surface area contributed by atoms with Crippen molar-refractivity contribution in [2.45, 2.75) is 46.1 Å². The van der Waals surface area contributed by atoms with E-state index in [9.17, 15) is 14.4 Å². The van der Waals surface area contributed by atoms with Gasteiger partial charge in [-0.1, -0.05) is 6.07 Å². The van der Waals surface area contributed by atoms with Crippen LogP contribution in [-0.2, 0) is 14.3 Å². The zero-order chi connectivity index (χ0) is 26.1. The summed E-state index contributed by atoms with van der Waals surface area (Å²) < 4.78 is 22.0. The molecule has 1 aliphatic rings. The Morgan fingerprint density at radius 2 is 1.69 bits per heavy atom. The lowest BCUT2D eigenvalue weighted by atomic mass is 10.1. The van der Waals surface area contributed by atoms with E-state index in [1.54, 1.807) is 30.0 Å². The molecule has 1 saturated heterocycles. The first-order valence-electron chi connectivity index (χ1n) is 12.2. The Bertz CT molecular complexity index is 1080.